The molecule has 0 radical (unpaired) electrons. The number of nitrogens with one attached hydrogen (secondary N) is 1. The number of nitrogens with zero attached hydrogens (tertiary/aromatic N) is 4. The summed E-state index contributed by atoms with van der Waals surface area (Å²) >= 11 is 0. The first-order chi connectivity index (χ1) is 11.7. The normalized spacial score (nSPS) is 23.4. The highest BCUT2D eigenvalue weighted by Crippen LogP contribution is 2.28. The van der Waals surface area contributed by atoms with E-state index in [1.807, 2.05) is 30.1 Å². The molecule has 24 heavy (non-hydrogen) atoms. The molecule has 0 unspecified atom stereocenters. The lowest BCUT2D eigenvalue weighted by molar-refractivity contribution is 0.267. The van der Waals surface area contributed by atoms with E-state index in [0.717, 1.165) is 62.9 Å². The predicted octanol–water partition coefficient (Wildman–Crippen LogP) is 1.74. The van der Waals surface area contributed by atoms with Gasteiger partial charge in [-0.25, -0.2) is 4.68 Å². The lowest BCUT2D eigenvalue weighted by Crippen LogP contribution is -2.36. The molecule has 0 aliphatic heterocycles. The molecule has 1 fully saturated rings. The van der Waals surface area contributed by atoms with Crippen LogP contribution >= 0.6 is 0 Å². The highest BCUT2D eigenvalue weighted by Gasteiger charge is 2.25. The van der Waals surface area contributed by atoms with Crippen molar-refractivity contribution in [3.8, 4) is 0 Å². The third-order valence-corrected chi connectivity index (χ3v) is 5.37. The van der Waals surface area contributed by atoms with Crippen molar-refractivity contribution in [3.63, 3.8) is 0 Å². The number of rotatable bonds is 4. The van der Waals surface area contributed by atoms with Crippen molar-refractivity contribution < 1.29 is 0 Å². The summed E-state index contributed by atoms with van der Waals surface area (Å²) < 4.78 is 3.60. The van der Waals surface area contributed by atoms with E-state index in [9.17, 15) is 4.79 Å². The fraction of sp³-hybridized carbons (Fsp3) is 0.611. The summed E-state index contributed by atoms with van der Waals surface area (Å²) in [5.74, 6) is 0. The van der Waals surface area contributed by atoms with Gasteiger partial charge < -0.3 is 5.32 Å². The van der Waals surface area contributed by atoms with E-state index < -0.39 is 0 Å². The Morgan fingerprint density at radius 2 is 2.04 bits per heavy atom. The Morgan fingerprint density at radius 1 is 1.21 bits per heavy atom. The molecule has 2 aromatic heterocycles. The Bertz CT molecular complexity index is 770. The summed E-state index contributed by atoms with van der Waals surface area (Å²) in [7, 11) is 1.94. The van der Waals surface area contributed by atoms with Gasteiger partial charge >= 0.3 is 0 Å². The highest BCUT2D eigenvalue weighted by atomic mass is 16.1. The molecule has 128 valence electrons. The molecule has 1 saturated carbocycles. The zero-order valence-electron chi connectivity index (χ0n) is 14.2. The van der Waals surface area contributed by atoms with Gasteiger partial charge in [0.05, 0.1) is 17.4 Å². The van der Waals surface area contributed by atoms with Crippen LogP contribution in [0.2, 0.25) is 0 Å². The Kier molecular flexibility index (Phi) is 4.22. The monoisotopic (exact) mass is 327 g/mol. The second-order valence-corrected chi connectivity index (χ2v) is 7.12. The predicted molar refractivity (Wildman–Crippen MR) is 91.9 cm³/mol. The molecule has 4 rings (SSSR count). The maximum absolute atomic E-state index is 12.3. The number of hydrogen-bond acceptors (Lipinski definition) is 4. The Balaban J connectivity index is 1.35. The Labute approximate surface area is 141 Å². The van der Waals surface area contributed by atoms with Crippen molar-refractivity contribution in [3.05, 3.63) is 45.6 Å². The summed E-state index contributed by atoms with van der Waals surface area (Å²) in [5, 5.41) is 12.7. The number of fused-ring (bicyclic) bond motifs is 1. The minimum Gasteiger partial charge on any atom is -0.308 e. The minimum atomic E-state index is 0.0838. The van der Waals surface area contributed by atoms with E-state index in [-0.39, 0.29) is 11.6 Å². The smallest absolute Gasteiger partial charge is 0.267 e. The quantitative estimate of drug-likeness (QED) is 0.929. The molecule has 0 atom stereocenters. The SMILES string of the molecule is Cn1ccc(CNC2CCC(n3nc4c(cc3=O)CCC4)CC2)n1. The van der Waals surface area contributed by atoms with Gasteiger partial charge in [-0.3, -0.25) is 9.48 Å². The van der Waals surface area contributed by atoms with Gasteiger partial charge in [-0.1, -0.05) is 0 Å². The Hall–Kier alpha value is -1.95. The van der Waals surface area contributed by atoms with Crippen molar-refractivity contribution in [1.82, 2.24) is 24.9 Å². The first-order valence-electron chi connectivity index (χ1n) is 9.02. The molecule has 1 N–H and O–H groups in total. The molecule has 0 aromatic carbocycles. The molecule has 2 aromatic rings. The molecule has 0 amide bonds. The lowest BCUT2D eigenvalue weighted by atomic mass is 9.91. The maximum Gasteiger partial charge on any atom is 0.267 e. The van der Waals surface area contributed by atoms with E-state index >= 15 is 0 Å². The van der Waals surface area contributed by atoms with E-state index in [1.165, 1.54) is 5.56 Å². The van der Waals surface area contributed by atoms with E-state index in [0.29, 0.717) is 6.04 Å². The zero-order chi connectivity index (χ0) is 16.5. The molecule has 0 saturated heterocycles. The van der Waals surface area contributed by atoms with Crippen molar-refractivity contribution in [2.24, 2.45) is 7.05 Å². The minimum absolute atomic E-state index is 0.0838. The van der Waals surface area contributed by atoms with E-state index in [2.05, 4.69) is 15.5 Å². The van der Waals surface area contributed by atoms with Crippen LogP contribution in [-0.2, 0) is 26.4 Å². The molecule has 2 heterocycles. The third-order valence-electron chi connectivity index (χ3n) is 5.37. The number of aryl methyl sites for hydroxylation is 3. The molecule has 6 heteroatoms. The second kappa shape index (κ2) is 6.51. The zero-order valence-corrected chi connectivity index (χ0v) is 14.2. The van der Waals surface area contributed by atoms with Crippen LogP contribution in [0.5, 0.6) is 0 Å². The number of aromatic nitrogens is 4. The van der Waals surface area contributed by atoms with Crippen LogP contribution in [0.25, 0.3) is 0 Å². The maximum atomic E-state index is 12.3. The summed E-state index contributed by atoms with van der Waals surface area (Å²) in [6, 6.07) is 4.64. The van der Waals surface area contributed by atoms with E-state index in [1.54, 1.807) is 4.68 Å². The van der Waals surface area contributed by atoms with Crippen LogP contribution in [-0.4, -0.2) is 25.6 Å². The second-order valence-electron chi connectivity index (χ2n) is 7.12. The average molecular weight is 327 g/mol. The summed E-state index contributed by atoms with van der Waals surface area (Å²) in [6.07, 6.45) is 9.36. The molecular formula is C18H25N5O. The van der Waals surface area contributed by atoms with Crippen LogP contribution in [0.1, 0.15) is 55.1 Å². The fourth-order valence-electron chi connectivity index (χ4n) is 4.01. The van der Waals surface area contributed by atoms with Gasteiger partial charge in [-0.05, 0) is 56.6 Å². The van der Waals surface area contributed by atoms with Gasteiger partial charge in [0.25, 0.3) is 5.56 Å². The molecule has 2 aliphatic carbocycles. The van der Waals surface area contributed by atoms with Gasteiger partial charge in [-0.2, -0.15) is 10.2 Å². The molecule has 2 aliphatic rings. The fourth-order valence-corrected chi connectivity index (χ4v) is 4.01. The summed E-state index contributed by atoms with van der Waals surface area (Å²) in [4.78, 5) is 12.3. The van der Waals surface area contributed by atoms with Gasteiger partial charge in [0.1, 0.15) is 0 Å². The van der Waals surface area contributed by atoms with E-state index in [4.69, 9.17) is 0 Å². The standard InChI is InChI=1S/C18H25N5O/c1-22-10-9-15(20-22)12-19-14-5-7-16(8-6-14)23-18(24)11-13-3-2-4-17(13)21-23/h9-11,14,16,19H,2-8,12H2,1H3. The van der Waals surface area contributed by atoms with Crippen LogP contribution in [0.15, 0.2) is 23.1 Å². The van der Waals surface area contributed by atoms with Gasteiger partial charge in [-0.15, -0.1) is 0 Å². The molecular weight excluding hydrogens is 302 g/mol. The van der Waals surface area contributed by atoms with Gasteiger partial charge in [0, 0.05) is 31.9 Å². The average Bonchev–Trinajstić information content (AvgIpc) is 3.21. The lowest BCUT2D eigenvalue weighted by Gasteiger charge is -2.29. The van der Waals surface area contributed by atoms with Crippen LogP contribution in [0.3, 0.4) is 0 Å². The van der Waals surface area contributed by atoms with Crippen molar-refractivity contribution in [2.45, 2.75) is 63.6 Å². The first kappa shape index (κ1) is 15.6. The molecule has 6 nitrogen and oxygen atoms in total. The van der Waals surface area contributed by atoms with Crippen LogP contribution < -0.4 is 10.9 Å². The van der Waals surface area contributed by atoms with Crippen molar-refractivity contribution in [1.29, 1.82) is 0 Å². The van der Waals surface area contributed by atoms with Crippen molar-refractivity contribution >= 4 is 0 Å². The van der Waals surface area contributed by atoms with Crippen molar-refractivity contribution in [2.75, 3.05) is 0 Å². The molecule has 0 spiro atoms. The molecule has 0 bridgehead atoms. The topological polar surface area (TPSA) is 64.7 Å². The summed E-state index contributed by atoms with van der Waals surface area (Å²) in [6.45, 7) is 0.813. The van der Waals surface area contributed by atoms with Crippen LogP contribution in [0.4, 0.5) is 0 Å². The first-order valence-corrected chi connectivity index (χ1v) is 9.02. The largest absolute Gasteiger partial charge is 0.308 e. The highest BCUT2D eigenvalue weighted by molar-refractivity contribution is 5.22. The van der Waals surface area contributed by atoms with Crippen LogP contribution in [0, 0.1) is 0 Å². The summed E-state index contributed by atoms with van der Waals surface area (Å²) in [5.41, 5.74) is 3.48. The third kappa shape index (κ3) is 3.15. The van der Waals surface area contributed by atoms with Gasteiger partial charge in [0.15, 0.2) is 0 Å². The van der Waals surface area contributed by atoms with Gasteiger partial charge in [0.2, 0.25) is 0 Å². The number of hydrogen-bond donors (Lipinski definition) is 1. The Morgan fingerprint density at radius 3 is 2.79 bits per heavy atom.